The van der Waals surface area contributed by atoms with Crippen molar-refractivity contribution < 1.29 is 14.4 Å². The maximum atomic E-state index is 12.9. The topological polar surface area (TPSA) is 66.5 Å². The molecule has 4 rings (SSSR count). The third-order valence-corrected chi connectivity index (χ3v) is 5.89. The van der Waals surface area contributed by atoms with Gasteiger partial charge in [-0.05, 0) is 42.7 Å². The predicted molar refractivity (Wildman–Crippen MR) is 107 cm³/mol. The van der Waals surface area contributed by atoms with Crippen LogP contribution in [-0.2, 0) is 16.1 Å². The molecule has 2 aromatic rings. The Kier molecular flexibility index (Phi) is 4.99. The van der Waals surface area contributed by atoms with Crippen LogP contribution >= 0.6 is 0 Å². The summed E-state index contributed by atoms with van der Waals surface area (Å²) in [6.07, 6.45) is 5.20. The maximum absolute atomic E-state index is 12.9. The number of hydrogen-bond acceptors (Lipinski definition) is 3. The summed E-state index contributed by atoms with van der Waals surface area (Å²) in [7, 11) is 0. The molecule has 144 valence electrons. The monoisotopic (exact) mass is 376 g/mol. The lowest BCUT2D eigenvalue weighted by atomic mass is 9.73. The van der Waals surface area contributed by atoms with Crippen molar-refractivity contribution in [3.8, 4) is 0 Å². The van der Waals surface area contributed by atoms with E-state index in [1.165, 1.54) is 4.90 Å². The first-order chi connectivity index (χ1) is 13.6. The molecule has 2 aliphatic rings. The number of para-hydroxylation sites is 1. The zero-order valence-electron chi connectivity index (χ0n) is 15.8. The molecule has 5 heteroatoms. The van der Waals surface area contributed by atoms with Gasteiger partial charge in [0.15, 0.2) is 0 Å². The molecule has 0 radical (unpaired) electrons. The molecular formula is C23H24N2O3. The number of anilines is 1. The molecule has 1 N–H and O–H groups in total. The fourth-order valence-corrected chi connectivity index (χ4v) is 4.31. The van der Waals surface area contributed by atoms with Gasteiger partial charge in [-0.25, -0.2) is 0 Å². The van der Waals surface area contributed by atoms with Crippen LogP contribution in [0.25, 0.3) is 0 Å². The Morgan fingerprint density at radius 3 is 2.29 bits per heavy atom. The van der Waals surface area contributed by atoms with Crippen LogP contribution < -0.4 is 5.32 Å². The number of nitrogens with one attached hydrogen (secondary N) is 1. The van der Waals surface area contributed by atoms with E-state index < -0.39 is 5.41 Å². The second kappa shape index (κ2) is 7.58. The number of nitrogens with zero attached hydrogens (tertiary/aromatic N) is 1. The maximum Gasteiger partial charge on any atom is 0.255 e. The molecule has 2 fully saturated rings. The number of hydrogen-bond donors (Lipinski definition) is 1. The van der Waals surface area contributed by atoms with Gasteiger partial charge in [-0.2, -0.15) is 0 Å². The summed E-state index contributed by atoms with van der Waals surface area (Å²) in [5.74, 6) is -0.270. The summed E-state index contributed by atoms with van der Waals surface area (Å²) in [5.41, 5.74) is 1.68. The fourth-order valence-electron chi connectivity index (χ4n) is 4.31. The van der Waals surface area contributed by atoms with Gasteiger partial charge >= 0.3 is 0 Å². The normalized spacial score (nSPS) is 18.5. The minimum atomic E-state index is -0.454. The van der Waals surface area contributed by atoms with Crippen LogP contribution in [0.15, 0.2) is 54.6 Å². The molecule has 0 unspecified atom stereocenters. The summed E-state index contributed by atoms with van der Waals surface area (Å²) in [6, 6.07) is 16.4. The highest BCUT2D eigenvalue weighted by molar-refractivity contribution is 6.06. The highest BCUT2D eigenvalue weighted by Gasteiger charge is 2.51. The molecule has 5 nitrogen and oxygen atoms in total. The zero-order chi connectivity index (χ0) is 19.6. The van der Waals surface area contributed by atoms with Gasteiger partial charge in [0.25, 0.3) is 5.91 Å². The second-order valence-corrected chi connectivity index (χ2v) is 7.82. The first-order valence-electron chi connectivity index (χ1n) is 9.88. The first kappa shape index (κ1) is 18.4. The SMILES string of the molecule is O=C(Nc1ccccc1)c1ccc(CN2C(=O)CC3(CCCCC3)C2=O)cc1. The third-order valence-electron chi connectivity index (χ3n) is 5.89. The van der Waals surface area contributed by atoms with E-state index in [2.05, 4.69) is 5.32 Å². The number of likely N-dealkylation sites (tertiary alicyclic amines) is 1. The van der Waals surface area contributed by atoms with E-state index in [0.29, 0.717) is 12.0 Å². The molecule has 28 heavy (non-hydrogen) atoms. The van der Waals surface area contributed by atoms with Crippen molar-refractivity contribution in [3.63, 3.8) is 0 Å². The molecule has 1 aliphatic heterocycles. The van der Waals surface area contributed by atoms with Crippen molar-refractivity contribution >= 4 is 23.4 Å². The second-order valence-electron chi connectivity index (χ2n) is 7.82. The van der Waals surface area contributed by atoms with Gasteiger partial charge in [0, 0.05) is 17.7 Å². The van der Waals surface area contributed by atoms with Gasteiger partial charge in [0.2, 0.25) is 11.8 Å². The highest BCUT2D eigenvalue weighted by Crippen LogP contribution is 2.45. The van der Waals surface area contributed by atoms with E-state index >= 15 is 0 Å². The van der Waals surface area contributed by atoms with E-state index in [0.717, 1.165) is 43.4 Å². The molecular weight excluding hydrogens is 352 g/mol. The van der Waals surface area contributed by atoms with Crippen molar-refractivity contribution in [2.75, 3.05) is 5.32 Å². The number of amides is 3. The average molecular weight is 376 g/mol. The van der Waals surface area contributed by atoms with E-state index in [1.807, 2.05) is 42.5 Å². The van der Waals surface area contributed by atoms with Gasteiger partial charge < -0.3 is 5.32 Å². The minimum absolute atomic E-state index is 0.0110. The van der Waals surface area contributed by atoms with Gasteiger partial charge in [-0.15, -0.1) is 0 Å². The van der Waals surface area contributed by atoms with Crippen LogP contribution in [0.4, 0.5) is 5.69 Å². The van der Waals surface area contributed by atoms with Crippen LogP contribution in [0.2, 0.25) is 0 Å². The standard InChI is InChI=1S/C23H24N2O3/c26-20-15-23(13-5-2-6-14-23)22(28)25(20)16-17-9-11-18(12-10-17)21(27)24-19-7-3-1-4-8-19/h1,3-4,7-12H,2,5-6,13-16H2,(H,24,27). The van der Waals surface area contributed by atoms with Crippen LogP contribution in [0.5, 0.6) is 0 Å². The first-order valence-corrected chi connectivity index (χ1v) is 9.88. The largest absolute Gasteiger partial charge is 0.322 e. The van der Waals surface area contributed by atoms with Crippen LogP contribution in [0.3, 0.4) is 0 Å². The summed E-state index contributed by atoms with van der Waals surface area (Å²) < 4.78 is 0. The molecule has 1 aliphatic carbocycles. The fraction of sp³-hybridized carbons (Fsp3) is 0.348. The zero-order valence-corrected chi connectivity index (χ0v) is 15.8. The quantitative estimate of drug-likeness (QED) is 0.815. The molecule has 0 bridgehead atoms. The van der Waals surface area contributed by atoms with Crippen molar-refractivity contribution in [3.05, 3.63) is 65.7 Å². The number of rotatable bonds is 4. The van der Waals surface area contributed by atoms with Crippen LogP contribution in [0.1, 0.15) is 54.4 Å². The Labute approximate surface area is 164 Å². The Hall–Kier alpha value is -2.95. The Bertz CT molecular complexity index is 884. The Balaban J connectivity index is 1.42. The number of carbonyl (C=O) groups excluding carboxylic acids is 3. The molecule has 1 heterocycles. The van der Waals surface area contributed by atoms with Gasteiger partial charge in [-0.3, -0.25) is 19.3 Å². The summed E-state index contributed by atoms with van der Waals surface area (Å²) in [5, 5.41) is 2.85. The number of imide groups is 1. The van der Waals surface area contributed by atoms with E-state index in [4.69, 9.17) is 0 Å². The predicted octanol–water partition coefficient (Wildman–Crippen LogP) is 4.15. The van der Waals surface area contributed by atoms with Crippen LogP contribution in [0, 0.1) is 5.41 Å². The summed E-state index contributed by atoms with van der Waals surface area (Å²) in [4.78, 5) is 39.2. The molecule has 2 aromatic carbocycles. The van der Waals surface area contributed by atoms with E-state index in [9.17, 15) is 14.4 Å². The van der Waals surface area contributed by atoms with Crippen molar-refractivity contribution in [1.82, 2.24) is 4.90 Å². The Morgan fingerprint density at radius 2 is 1.61 bits per heavy atom. The van der Waals surface area contributed by atoms with E-state index in [1.54, 1.807) is 12.1 Å². The van der Waals surface area contributed by atoms with E-state index in [-0.39, 0.29) is 24.3 Å². The molecule has 1 saturated carbocycles. The summed E-state index contributed by atoms with van der Waals surface area (Å²) >= 11 is 0. The van der Waals surface area contributed by atoms with Crippen molar-refractivity contribution in [1.29, 1.82) is 0 Å². The van der Waals surface area contributed by atoms with Gasteiger partial charge in [-0.1, -0.05) is 49.6 Å². The minimum Gasteiger partial charge on any atom is -0.322 e. The summed E-state index contributed by atoms with van der Waals surface area (Å²) in [6.45, 7) is 0.278. The lowest BCUT2D eigenvalue weighted by molar-refractivity contribution is -0.142. The smallest absolute Gasteiger partial charge is 0.255 e. The van der Waals surface area contributed by atoms with Crippen molar-refractivity contribution in [2.24, 2.45) is 5.41 Å². The lowest BCUT2D eigenvalue weighted by Crippen LogP contribution is -2.36. The highest BCUT2D eigenvalue weighted by atomic mass is 16.2. The molecule has 0 atom stereocenters. The number of carbonyl (C=O) groups is 3. The average Bonchev–Trinajstić information content (AvgIpc) is 2.94. The molecule has 0 aromatic heterocycles. The molecule has 1 saturated heterocycles. The number of benzene rings is 2. The van der Waals surface area contributed by atoms with Gasteiger partial charge in [0.1, 0.15) is 0 Å². The molecule has 1 spiro atoms. The van der Waals surface area contributed by atoms with Crippen LogP contribution in [-0.4, -0.2) is 22.6 Å². The van der Waals surface area contributed by atoms with Gasteiger partial charge in [0.05, 0.1) is 12.0 Å². The Morgan fingerprint density at radius 1 is 0.929 bits per heavy atom. The molecule has 3 amide bonds. The van der Waals surface area contributed by atoms with Crippen molar-refractivity contribution in [2.45, 2.75) is 45.1 Å². The lowest BCUT2D eigenvalue weighted by Gasteiger charge is -2.30. The third kappa shape index (κ3) is 3.57.